The molecule has 0 heterocycles. The Morgan fingerprint density at radius 2 is 1.95 bits per heavy atom. The molecule has 1 amide bonds. The Balaban J connectivity index is 0.00000200. The lowest BCUT2D eigenvalue weighted by atomic mass is 10.1. The van der Waals surface area contributed by atoms with Crippen LogP contribution in [0.4, 0.5) is 0 Å². The minimum Gasteiger partial charge on any atom is -0.491 e. The van der Waals surface area contributed by atoms with Crippen LogP contribution in [0.2, 0.25) is 0 Å². The summed E-state index contributed by atoms with van der Waals surface area (Å²) in [6.07, 6.45) is 0. The SMILES string of the molecule is CC(N)C(=O)NCCOc1cccc2ccccc12.Cl. The first-order valence-corrected chi connectivity index (χ1v) is 6.32. The summed E-state index contributed by atoms with van der Waals surface area (Å²) in [6, 6.07) is 13.5. The third-order valence-corrected chi connectivity index (χ3v) is 2.82. The van der Waals surface area contributed by atoms with Crippen LogP contribution in [0.3, 0.4) is 0 Å². The molecule has 5 heteroatoms. The van der Waals surface area contributed by atoms with Crippen LogP contribution in [0.15, 0.2) is 42.5 Å². The van der Waals surface area contributed by atoms with Crippen molar-refractivity contribution < 1.29 is 9.53 Å². The number of halogens is 1. The van der Waals surface area contributed by atoms with Crippen LogP contribution in [0.5, 0.6) is 5.75 Å². The summed E-state index contributed by atoms with van der Waals surface area (Å²) >= 11 is 0. The van der Waals surface area contributed by atoms with E-state index in [0.29, 0.717) is 13.2 Å². The quantitative estimate of drug-likeness (QED) is 0.830. The van der Waals surface area contributed by atoms with Gasteiger partial charge in [0.05, 0.1) is 12.6 Å². The number of rotatable bonds is 5. The zero-order chi connectivity index (χ0) is 13.7. The molecule has 0 aromatic heterocycles. The molecule has 0 saturated heterocycles. The molecular formula is C15H19ClN2O2. The van der Waals surface area contributed by atoms with Gasteiger partial charge in [-0.3, -0.25) is 4.79 Å². The van der Waals surface area contributed by atoms with E-state index in [9.17, 15) is 4.79 Å². The van der Waals surface area contributed by atoms with Gasteiger partial charge in [-0.25, -0.2) is 0 Å². The average Bonchev–Trinajstić information content (AvgIpc) is 2.43. The van der Waals surface area contributed by atoms with Crippen molar-refractivity contribution in [3.8, 4) is 5.75 Å². The predicted molar refractivity (Wildman–Crippen MR) is 83.4 cm³/mol. The number of benzene rings is 2. The minimum absolute atomic E-state index is 0. The number of ether oxygens (including phenoxy) is 1. The zero-order valence-corrected chi connectivity index (χ0v) is 12.2. The van der Waals surface area contributed by atoms with Crippen LogP contribution in [0.25, 0.3) is 10.8 Å². The van der Waals surface area contributed by atoms with Gasteiger partial charge in [-0.15, -0.1) is 12.4 Å². The Kier molecular flexibility index (Phi) is 6.28. The summed E-state index contributed by atoms with van der Waals surface area (Å²) in [7, 11) is 0. The fourth-order valence-electron chi connectivity index (χ4n) is 1.82. The molecule has 108 valence electrons. The molecule has 0 fully saturated rings. The van der Waals surface area contributed by atoms with E-state index in [2.05, 4.69) is 5.32 Å². The van der Waals surface area contributed by atoms with E-state index >= 15 is 0 Å². The first-order chi connectivity index (χ1) is 9.18. The van der Waals surface area contributed by atoms with E-state index in [0.717, 1.165) is 16.5 Å². The monoisotopic (exact) mass is 294 g/mol. The van der Waals surface area contributed by atoms with Crippen molar-refractivity contribution in [1.29, 1.82) is 0 Å². The first-order valence-electron chi connectivity index (χ1n) is 6.32. The maximum Gasteiger partial charge on any atom is 0.236 e. The molecule has 0 aliphatic rings. The maximum absolute atomic E-state index is 11.3. The lowest BCUT2D eigenvalue weighted by Gasteiger charge is -2.11. The van der Waals surface area contributed by atoms with Crippen LogP contribution in [-0.2, 0) is 4.79 Å². The van der Waals surface area contributed by atoms with Crippen molar-refractivity contribution in [3.05, 3.63) is 42.5 Å². The molecule has 3 N–H and O–H groups in total. The summed E-state index contributed by atoms with van der Waals surface area (Å²) in [4.78, 5) is 11.3. The van der Waals surface area contributed by atoms with Gasteiger partial charge in [0.1, 0.15) is 12.4 Å². The van der Waals surface area contributed by atoms with Gasteiger partial charge in [-0.1, -0.05) is 36.4 Å². The highest BCUT2D eigenvalue weighted by Gasteiger charge is 2.06. The number of nitrogens with one attached hydrogen (secondary N) is 1. The van der Waals surface area contributed by atoms with E-state index in [4.69, 9.17) is 10.5 Å². The molecule has 0 radical (unpaired) electrons. The molecule has 0 aliphatic carbocycles. The lowest BCUT2D eigenvalue weighted by molar-refractivity contribution is -0.122. The first kappa shape index (κ1) is 16.3. The van der Waals surface area contributed by atoms with Crippen molar-refractivity contribution in [2.75, 3.05) is 13.2 Å². The fourth-order valence-corrected chi connectivity index (χ4v) is 1.82. The second-order valence-electron chi connectivity index (χ2n) is 4.41. The molecule has 2 aromatic carbocycles. The molecular weight excluding hydrogens is 276 g/mol. The predicted octanol–water partition coefficient (Wildman–Crippen LogP) is 2.10. The van der Waals surface area contributed by atoms with Crippen molar-refractivity contribution in [2.24, 2.45) is 5.73 Å². The summed E-state index contributed by atoms with van der Waals surface area (Å²) in [5, 5.41) is 4.92. The van der Waals surface area contributed by atoms with Gasteiger partial charge in [0.2, 0.25) is 5.91 Å². The van der Waals surface area contributed by atoms with E-state index in [1.54, 1.807) is 6.92 Å². The smallest absolute Gasteiger partial charge is 0.236 e. The third kappa shape index (κ3) is 4.11. The molecule has 0 bridgehead atoms. The standard InChI is InChI=1S/C15H18N2O2.ClH/c1-11(16)15(18)17-9-10-19-14-8-4-6-12-5-2-3-7-13(12)14;/h2-8,11H,9-10,16H2,1H3,(H,17,18);1H. The van der Waals surface area contributed by atoms with Crippen LogP contribution < -0.4 is 15.8 Å². The van der Waals surface area contributed by atoms with Crippen LogP contribution in [0.1, 0.15) is 6.92 Å². The van der Waals surface area contributed by atoms with Crippen molar-refractivity contribution in [2.45, 2.75) is 13.0 Å². The van der Waals surface area contributed by atoms with Crippen LogP contribution in [0, 0.1) is 0 Å². The molecule has 0 spiro atoms. The van der Waals surface area contributed by atoms with E-state index in [-0.39, 0.29) is 18.3 Å². The minimum atomic E-state index is -0.488. The Morgan fingerprint density at radius 3 is 2.70 bits per heavy atom. The maximum atomic E-state index is 11.3. The van der Waals surface area contributed by atoms with Crippen LogP contribution >= 0.6 is 12.4 Å². The molecule has 2 aromatic rings. The van der Waals surface area contributed by atoms with Gasteiger partial charge in [0, 0.05) is 5.39 Å². The topological polar surface area (TPSA) is 64.4 Å². The molecule has 4 nitrogen and oxygen atoms in total. The van der Waals surface area contributed by atoms with Gasteiger partial charge in [-0.05, 0) is 18.4 Å². The van der Waals surface area contributed by atoms with Crippen LogP contribution in [-0.4, -0.2) is 25.1 Å². The third-order valence-electron chi connectivity index (χ3n) is 2.82. The van der Waals surface area contributed by atoms with Gasteiger partial charge in [0.15, 0.2) is 0 Å². The molecule has 0 saturated carbocycles. The molecule has 0 aliphatic heterocycles. The van der Waals surface area contributed by atoms with Gasteiger partial charge in [0.25, 0.3) is 0 Å². The van der Waals surface area contributed by atoms with E-state index in [1.807, 2.05) is 42.5 Å². The highest BCUT2D eigenvalue weighted by atomic mass is 35.5. The van der Waals surface area contributed by atoms with Gasteiger partial charge >= 0.3 is 0 Å². The number of amides is 1. The molecule has 1 unspecified atom stereocenters. The number of carbonyl (C=O) groups is 1. The fraction of sp³-hybridized carbons (Fsp3) is 0.267. The Bertz CT molecular complexity index is 567. The highest BCUT2D eigenvalue weighted by Crippen LogP contribution is 2.24. The Labute approximate surface area is 124 Å². The molecule has 1 atom stereocenters. The van der Waals surface area contributed by atoms with Crippen molar-refractivity contribution >= 4 is 29.1 Å². The number of nitrogens with two attached hydrogens (primary N) is 1. The second kappa shape index (κ2) is 7.72. The van der Waals surface area contributed by atoms with Crippen molar-refractivity contribution in [3.63, 3.8) is 0 Å². The summed E-state index contributed by atoms with van der Waals surface area (Å²) in [5.74, 6) is 0.662. The largest absolute Gasteiger partial charge is 0.491 e. The van der Waals surface area contributed by atoms with Crippen molar-refractivity contribution in [1.82, 2.24) is 5.32 Å². The number of hydrogen-bond acceptors (Lipinski definition) is 3. The second-order valence-corrected chi connectivity index (χ2v) is 4.41. The zero-order valence-electron chi connectivity index (χ0n) is 11.3. The number of fused-ring (bicyclic) bond motifs is 1. The normalized spacial score (nSPS) is 11.5. The van der Waals surface area contributed by atoms with Gasteiger partial charge in [-0.2, -0.15) is 0 Å². The molecule has 20 heavy (non-hydrogen) atoms. The lowest BCUT2D eigenvalue weighted by Crippen LogP contribution is -2.40. The van der Waals surface area contributed by atoms with Gasteiger partial charge < -0.3 is 15.8 Å². The summed E-state index contributed by atoms with van der Waals surface area (Å²) in [5.41, 5.74) is 5.45. The van der Waals surface area contributed by atoms with E-state index in [1.165, 1.54) is 0 Å². The highest BCUT2D eigenvalue weighted by molar-refractivity contribution is 5.88. The Morgan fingerprint density at radius 1 is 1.25 bits per heavy atom. The number of carbonyl (C=O) groups excluding carboxylic acids is 1. The number of hydrogen-bond donors (Lipinski definition) is 2. The summed E-state index contributed by atoms with van der Waals surface area (Å²) < 4.78 is 5.69. The average molecular weight is 295 g/mol. The summed E-state index contributed by atoms with van der Waals surface area (Å²) in [6.45, 7) is 2.52. The van der Waals surface area contributed by atoms with E-state index < -0.39 is 6.04 Å². The molecule has 2 rings (SSSR count). The Hall–Kier alpha value is -1.78.